The Hall–Kier alpha value is -3.83. The molecule has 0 amide bonds. The lowest BCUT2D eigenvalue weighted by atomic mass is 9.87. The van der Waals surface area contributed by atoms with E-state index in [1.807, 2.05) is 0 Å². The van der Waals surface area contributed by atoms with Crippen LogP contribution in [0.1, 0.15) is 17.5 Å². The summed E-state index contributed by atoms with van der Waals surface area (Å²) in [4.78, 5) is 28.2. The van der Waals surface area contributed by atoms with Crippen LogP contribution in [0, 0.1) is 0 Å². The van der Waals surface area contributed by atoms with E-state index in [2.05, 4.69) is 5.32 Å². The number of nitrogens with zero attached hydrogens (tertiary/aromatic N) is 1. The van der Waals surface area contributed by atoms with Gasteiger partial charge in [-0.3, -0.25) is 14.8 Å². The van der Waals surface area contributed by atoms with E-state index in [1.165, 1.54) is 29.3 Å². The first-order valence-corrected chi connectivity index (χ1v) is 9.99. The summed E-state index contributed by atoms with van der Waals surface area (Å²) < 4.78 is 86.1. The van der Waals surface area contributed by atoms with Gasteiger partial charge in [0.1, 0.15) is 5.56 Å². The second-order valence-electron chi connectivity index (χ2n) is 7.61. The SMILES string of the molecule is O=c1[nH]c(=O)n(-c2ccccc2)c2c1C(C(F)(F)F)(C(F)(F)F)[NH+]=C(CCc1ccccc1)N2. The minimum atomic E-state index is -5.98. The molecule has 0 bridgehead atoms. The van der Waals surface area contributed by atoms with E-state index >= 15 is 0 Å². The number of hydrogen-bond acceptors (Lipinski definition) is 3. The van der Waals surface area contributed by atoms with Crippen LogP contribution in [-0.2, 0) is 12.0 Å². The number of anilines is 1. The van der Waals surface area contributed by atoms with Crippen molar-refractivity contribution in [3.05, 3.63) is 92.6 Å². The van der Waals surface area contributed by atoms with Crippen molar-refractivity contribution in [3.63, 3.8) is 0 Å². The zero-order valence-electron chi connectivity index (χ0n) is 17.2. The number of benzene rings is 2. The molecule has 0 radical (unpaired) electrons. The molecule has 3 aromatic rings. The van der Waals surface area contributed by atoms with Crippen molar-refractivity contribution in [2.24, 2.45) is 0 Å². The molecule has 2 heterocycles. The van der Waals surface area contributed by atoms with E-state index in [0.29, 0.717) is 10.1 Å². The van der Waals surface area contributed by atoms with Gasteiger partial charge in [0.15, 0.2) is 0 Å². The Balaban J connectivity index is 2.00. The van der Waals surface area contributed by atoms with Crippen LogP contribution in [0.15, 0.2) is 70.3 Å². The number of aryl methyl sites for hydroxylation is 1. The maximum Gasteiger partial charge on any atom is 0.446 e. The molecule has 6 nitrogen and oxygen atoms in total. The van der Waals surface area contributed by atoms with Crippen molar-refractivity contribution in [1.82, 2.24) is 9.55 Å². The molecule has 0 spiro atoms. The van der Waals surface area contributed by atoms with Gasteiger partial charge in [0.2, 0.25) is 11.7 Å². The van der Waals surface area contributed by atoms with Crippen molar-refractivity contribution in [2.45, 2.75) is 30.7 Å². The molecule has 12 heteroatoms. The number of nitrogens with one attached hydrogen (secondary N) is 3. The molecule has 0 saturated carbocycles. The highest BCUT2D eigenvalue weighted by atomic mass is 19.4. The molecule has 2 aromatic carbocycles. The van der Waals surface area contributed by atoms with Crippen LogP contribution in [0.25, 0.3) is 5.69 Å². The summed E-state index contributed by atoms with van der Waals surface area (Å²) in [5.74, 6) is -1.45. The van der Waals surface area contributed by atoms with Gasteiger partial charge < -0.3 is 0 Å². The predicted octanol–water partition coefficient (Wildman–Crippen LogP) is 2.38. The number of aromatic amines is 1. The van der Waals surface area contributed by atoms with Crippen molar-refractivity contribution in [1.29, 1.82) is 0 Å². The van der Waals surface area contributed by atoms with Crippen LogP contribution in [0.5, 0.6) is 0 Å². The number of fused-ring (bicyclic) bond motifs is 1. The number of rotatable bonds is 4. The minimum absolute atomic E-state index is 0.0324. The first-order valence-electron chi connectivity index (χ1n) is 9.99. The minimum Gasteiger partial charge on any atom is -0.273 e. The molecule has 0 atom stereocenters. The third-order valence-electron chi connectivity index (χ3n) is 5.47. The van der Waals surface area contributed by atoms with Gasteiger partial charge >= 0.3 is 23.6 Å². The molecular weight excluding hydrogens is 466 g/mol. The lowest BCUT2D eigenvalue weighted by Crippen LogP contribution is -2.97. The molecule has 34 heavy (non-hydrogen) atoms. The largest absolute Gasteiger partial charge is 0.446 e. The normalized spacial score (nSPS) is 15.3. The third-order valence-corrected chi connectivity index (χ3v) is 5.47. The standard InChI is InChI=1S/C22H16F6N4O2/c23-21(24,25)20(22(26,27)28)16-17(29-15(31-20)12-11-13-7-3-1-4-8-13)32(19(34)30-18(16)33)14-9-5-2-6-10-14/h1-10H,11-12H2,(H,29,31)(H,30,33,34)/p+1. The van der Waals surface area contributed by atoms with Crippen LogP contribution >= 0.6 is 0 Å². The van der Waals surface area contributed by atoms with E-state index in [4.69, 9.17) is 0 Å². The zero-order chi connectivity index (χ0) is 24.7. The second-order valence-corrected chi connectivity index (χ2v) is 7.61. The lowest BCUT2D eigenvalue weighted by Gasteiger charge is -2.35. The highest BCUT2D eigenvalue weighted by Gasteiger charge is 2.78. The number of amidine groups is 1. The summed E-state index contributed by atoms with van der Waals surface area (Å²) in [5.41, 5.74) is -8.80. The lowest BCUT2D eigenvalue weighted by molar-refractivity contribution is -0.659. The van der Waals surface area contributed by atoms with Crippen LogP contribution in [0.4, 0.5) is 32.2 Å². The van der Waals surface area contributed by atoms with Crippen molar-refractivity contribution in [3.8, 4) is 5.69 Å². The Kier molecular flexibility index (Phi) is 5.62. The van der Waals surface area contributed by atoms with Gasteiger partial charge in [0.25, 0.3) is 5.56 Å². The quantitative estimate of drug-likeness (QED) is 0.499. The molecule has 1 aromatic heterocycles. The number of halogens is 6. The van der Waals surface area contributed by atoms with Gasteiger partial charge in [-0.1, -0.05) is 48.5 Å². The monoisotopic (exact) mass is 483 g/mol. The van der Waals surface area contributed by atoms with Gasteiger partial charge in [0, 0.05) is 0 Å². The molecular formula is C22H17F6N4O2+. The number of alkyl halides is 6. The summed E-state index contributed by atoms with van der Waals surface area (Å²) in [5, 5.41) is 2.46. The molecule has 4 rings (SSSR count). The van der Waals surface area contributed by atoms with Gasteiger partial charge in [-0.25, -0.2) is 14.7 Å². The maximum absolute atomic E-state index is 14.3. The zero-order valence-corrected chi connectivity index (χ0v) is 17.2. The fraction of sp³-hybridized carbons (Fsp3) is 0.227. The van der Waals surface area contributed by atoms with Crippen molar-refractivity contribution >= 4 is 11.7 Å². The van der Waals surface area contributed by atoms with Gasteiger partial charge in [0.05, 0.1) is 12.1 Å². The van der Waals surface area contributed by atoms with Gasteiger partial charge in [-0.2, -0.15) is 26.3 Å². The second kappa shape index (κ2) is 8.19. The topological polar surface area (TPSA) is 80.9 Å². The van der Waals surface area contributed by atoms with Crippen LogP contribution in [0.3, 0.4) is 0 Å². The third kappa shape index (κ3) is 3.78. The Labute approximate surface area is 187 Å². The fourth-order valence-corrected chi connectivity index (χ4v) is 3.91. The molecule has 178 valence electrons. The molecule has 0 unspecified atom stereocenters. The summed E-state index contributed by atoms with van der Waals surface area (Å²) in [6.07, 6.45) is -12.2. The Morgan fingerprint density at radius 1 is 0.824 bits per heavy atom. The van der Waals surface area contributed by atoms with Crippen LogP contribution < -0.4 is 21.6 Å². The molecule has 1 aliphatic rings. The Morgan fingerprint density at radius 2 is 1.38 bits per heavy atom. The molecule has 1 aliphatic heterocycles. The van der Waals surface area contributed by atoms with E-state index < -0.39 is 46.4 Å². The van der Waals surface area contributed by atoms with Gasteiger partial charge in [-0.15, -0.1) is 0 Å². The summed E-state index contributed by atoms with van der Waals surface area (Å²) in [6, 6.07) is 15.5. The van der Waals surface area contributed by atoms with Crippen molar-refractivity contribution < 1.29 is 31.3 Å². The number of para-hydroxylation sites is 1. The number of H-pyrrole nitrogens is 1. The average molecular weight is 483 g/mol. The Morgan fingerprint density at radius 3 is 1.94 bits per heavy atom. The van der Waals surface area contributed by atoms with E-state index in [9.17, 15) is 35.9 Å². The van der Waals surface area contributed by atoms with Crippen molar-refractivity contribution in [2.75, 3.05) is 5.32 Å². The summed E-state index contributed by atoms with van der Waals surface area (Å²) >= 11 is 0. The molecule has 0 saturated heterocycles. The molecule has 0 aliphatic carbocycles. The first-order chi connectivity index (χ1) is 16.0. The average Bonchev–Trinajstić information content (AvgIpc) is 2.77. The predicted molar refractivity (Wildman–Crippen MR) is 111 cm³/mol. The summed E-state index contributed by atoms with van der Waals surface area (Å²) in [6.45, 7) is 0. The van der Waals surface area contributed by atoms with E-state index in [1.54, 1.807) is 41.4 Å². The smallest absolute Gasteiger partial charge is 0.273 e. The molecule has 0 fully saturated rings. The molecule has 3 N–H and O–H groups in total. The van der Waals surface area contributed by atoms with Crippen LogP contribution in [0.2, 0.25) is 0 Å². The number of aromatic nitrogens is 2. The highest BCUT2D eigenvalue weighted by Crippen LogP contribution is 2.48. The Bertz CT molecular complexity index is 1330. The summed E-state index contributed by atoms with van der Waals surface area (Å²) in [7, 11) is 0. The fourth-order valence-electron chi connectivity index (χ4n) is 3.91. The van der Waals surface area contributed by atoms with E-state index in [0.717, 1.165) is 0 Å². The number of hydrogen-bond donors (Lipinski definition) is 3. The van der Waals surface area contributed by atoms with E-state index in [-0.39, 0.29) is 18.5 Å². The van der Waals surface area contributed by atoms with Crippen LogP contribution in [-0.4, -0.2) is 27.7 Å². The van der Waals surface area contributed by atoms with Gasteiger partial charge in [-0.05, 0) is 24.1 Å². The first kappa shape index (κ1) is 23.3. The maximum atomic E-state index is 14.3. The highest BCUT2D eigenvalue weighted by molar-refractivity contribution is 5.93.